The highest BCUT2D eigenvalue weighted by molar-refractivity contribution is 6.21. The second-order valence-corrected chi connectivity index (χ2v) is 8.45. The Kier molecular flexibility index (Phi) is 3.91. The number of fused-ring (bicyclic) bond motifs is 3. The molecular formula is C21H20N4O4. The molecule has 29 heavy (non-hydrogen) atoms. The van der Waals surface area contributed by atoms with Gasteiger partial charge in [-0.1, -0.05) is 32.0 Å². The van der Waals surface area contributed by atoms with Crippen molar-refractivity contribution < 1.29 is 19.1 Å². The van der Waals surface area contributed by atoms with Gasteiger partial charge in [0.2, 0.25) is 17.7 Å². The van der Waals surface area contributed by atoms with Gasteiger partial charge in [-0.05, 0) is 17.0 Å². The van der Waals surface area contributed by atoms with Crippen molar-refractivity contribution in [2.45, 2.75) is 32.1 Å². The summed E-state index contributed by atoms with van der Waals surface area (Å²) in [5.74, 6) is -3.04. The highest BCUT2D eigenvalue weighted by Crippen LogP contribution is 2.57. The molecule has 0 saturated carbocycles. The van der Waals surface area contributed by atoms with Crippen molar-refractivity contribution in [3.63, 3.8) is 0 Å². The Morgan fingerprint density at radius 1 is 1.34 bits per heavy atom. The van der Waals surface area contributed by atoms with Crippen LogP contribution in [0.2, 0.25) is 0 Å². The molecule has 148 valence electrons. The van der Waals surface area contributed by atoms with Crippen LogP contribution in [-0.4, -0.2) is 30.0 Å². The lowest BCUT2D eigenvalue weighted by Gasteiger charge is -2.43. The second kappa shape index (κ2) is 6.01. The van der Waals surface area contributed by atoms with Gasteiger partial charge in [0.25, 0.3) is 0 Å². The number of carbonyl (C=O) groups is 3. The number of benzene rings is 1. The van der Waals surface area contributed by atoms with Gasteiger partial charge in [0.1, 0.15) is 23.6 Å². The number of hydrogen-bond acceptors (Lipinski definition) is 6. The Morgan fingerprint density at radius 3 is 2.69 bits per heavy atom. The number of allylic oxidation sites excluding steroid dienone is 1. The first-order valence-electron chi connectivity index (χ1n) is 9.26. The van der Waals surface area contributed by atoms with Crippen LogP contribution in [0.15, 0.2) is 35.6 Å². The van der Waals surface area contributed by atoms with Crippen molar-refractivity contribution in [2.75, 3.05) is 11.4 Å². The predicted octanol–water partition coefficient (Wildman–Crippen LogP) is 1.55. The summed E-state index contributed by atoms with van der Waals surface area (Å²) in [4.78, 5) is 39.9. The van der Waals surface area contributed by atoms with Gasteiger partial charge in [-0.25, -0.2) is 0 Å². The molecule has 4 rings (SSSR count). The number of anilines is 1. The molecule has 0 bridgehead atoms. The lowest BCUT2D eigenvalue weighted by molar-refractivity contribution is -0.128. The molecule has 2 atom stereocenters. The van der Waals surface area contributed by atoms with E-state index >= 15 is 0 Å². The number of rotatable bonds is 2. The van der Waals surface area contributed by atoms with E-state index in [0.717, 1.165) is 0 Å². The zero-order valence-electron chi connectivity index (χ0n) is 16.1. The number of hydrogen-bond donors (Lipinski definition) is 2. The Bertz CT molecular complexity index is 1060. The van der Waals surface area contributed by atoms with Gasteiger partial charge in [-0.15, -0.1) is 0 Å². The first kappa shape index (κ1) is 18.9. The third kappa shape index (κ3) is 2.43. The number of ketones is 1. The fourth-order valence-electron chi connectivity index (χ4n) is 4.79. The summed E-state index contributed by atoms with van der Waals surface area (Å²) in [6.07, 6.45) is 0.551. The van der Waals surface area contributed by atoms with Crippen LogP contribution in [-0.2, 0) is 24.5 Å². The molecular weight excluding hydrogens is 372 g/mol. The number of amides is 2. The average Bonchev–Trinajstić information content (AvgIpc) is 2.84. The van der Waals surface area contributed by atoms with Crippen molar-refractivity contribution in [3.8, 4) is 6.07 Å². The lowest BCUT2D eigenvalue weighted by atomic mass is 9.59. The molecule has 8 heteroatoms. The largest absolute Gasteiger partial charge is 0.446 e. The number of nitrogens with two attached hydrogens (primary N) is 1. The third-order valence-corrected chi connectivity index (χ3v) is 5.80. The Balaban J connectivity index is 2.07. The zero-order chi connectivity index (χ0) is 21.1. The quantitative estimate of drug-likeness (QED) is 0.786. The van der Waals surface area contributed by atoms with Crippen LogP contribution in [0.3, 0.4) is 0 Å². The van der Waals surface area contributed by atoms with Crippen molar-refractivity contribution in [3.05, 3.63) is 41.2 Å². The van der Waals surface area contributed by atoms with Gasteiger partial charge in [0, 0.05) is 18.5 Å². The number of ether oxygens (including phenoxy) is 1. The number of nitrogens with zero attached hydrogens (tertiary/aromatic N) is 2. The molecule has 0 radical (unpaired) electrons. The Labute approximate surface area is 167 Å². The van der Waals surface area contributed by atoms with E-state index in [9.17, 15) is 19.6 Å². The Morgan fingerprint density at radius 2 is 2.03 bits per heavy atom. The molecule has 8 nitrogen and oxygen atoms in total. The van der Waals surface area contributed by atoms with Crippen LogP contribution < -0.4 is 10.6 Å². The van der Waals surface area contributed by atoms with Crippen LogP contribution in [0.25, 0.3) is 0 Å². The Hall–Kier alpha value is -3.47. The maximum absolute atomic E-state index is 13.8. The smallest absolute Gasteiger partial charge is 0.244 e. The predicted molar refractivity (Wildman–Crippen MR) is 103 cm³/mol. The number of nitrogens with one attached hydrogen (secondary N) is 1. The summed E-state index contributed by atoms with van der Waals surface area (Å²) in [6.45, 7) is 3.44. The van der Waals surface area contributed by atoms with Crippen LogP contribution in [0.1, 0.15) is 32.3 Å². The molecule has 1 aliphatic carbocycles. The van der Waals surface area contributed by atoms with Crippen molar-refractivity contribution in [1.29, 1.82) is 10.7 Å². The molecule has 2 heterocycles. The zero-order valence-corrected chi connectivity index (χ0v) is 16.1. The maximum Gasteiger partial charge on any atom is 0.244 e. The van der Waals surface area contributed by atoms with E-state index < -0.39 is 28.6 Å². The topological polar surface area (TPSA) is 137 Å². The summed E-state index contributed by atoms with van der Waals surface area (Å²) < 4.78 is 5.62. The van der Waals surface area contributed by atoms with E-state index in [0.29, 0.717) is 17.7 Å². The van der Waals surface area contributed by atoms with Gasteiger partial charge in [-0.3, -0.25) is 19.8 Å². The molecule has 3 aliphatic rings. The van der Waals surface area contributed by atoms with E-state index in [1.807, 2.05) is 19.9 Å². The molecule has 1 unspecified atom stereocenters. The maximum atomic E-state index is 13.8. The lowest BCUT2D eigenvalue weighted by Crippen LogP contribution is -2.56. The van der Waals surface area contributed by atoms with Gasteiger partial charge < -0.3 is 15.4 Å². The van der Waals surface area contributed by atoms with Crippen molar-refractivity contribution >= 4 is 29.2 Å². The van der Waals surface area contributed by atoms with Gasteiger partial charge in [0.05, 0.1) is 11.6 Å². The fourth-order valence-corrected chi connectivity index (χ4v) is 4.79. The van der Waals surface area contributed by atoms with Crippen LogP contribution in [0, 0.1) is 28.1 Å². The van der Waals surface area contributed by atoms with E-state index in [1.54, 1.807) is 24.3 Å². The summed E-state index contributed by atoms with van der Waals surface area (Å²) in [7, 11) is 0. The summed E-state index contributed by atoms with van der Waals surface area (Å²) in [5, 5.41) is 18.3. The third-order valence-electron chi connectivity index (χ3n) is 5.80. The minimum atomic E-state index is -1.71. The van der Waals surface area contributed by atoms with E-state index in [-0.39, 0.29) is 36.0 Å². The summed E-state index contributed by atoms with van der Waals surface area (Å²) >= 11 is 0. The van der Waals surface area contributed by atoms with Crippen molar-refractivity contribution in [2.24, 2.45) is 17.1 Å². The van der Waals surface area contributed by atoms with E-state index in [4.69, 9.17) is 15.9 Å². The first-order valence-corrected chi connectivity index (χ1v) is 9.26. The van der Waals surface area contributed by atoms with Crippen LogP contribution in [0.5, 0.6) is 0 Å². The van der Waals surface area contributed by atoms with Crippen molar-refractivity contribution in [1.82, 2.24) is 0 Å². The summed E-state index contributed by atoms with van der Waals surface area (Å²) in [5.41, 5.74) is 4.21. The molecule has 2 aliphatic heterocycles. The fraction of sp³-hybridized carbons (Fsp3) is 0.381. The molecule has 0 fully saturated rings. The standard InChI is InChI=1S/C21H20N4O4/c1-20(2)7-14(26)17-15(8-20)29-18(24)12(9-22)21(17)11-5-3-4-6-13(11)25(19(21)28)10-16(23)27/h3-6,12,24H,7-8,10H2,1-2H3,(H2,23,27)/t12?,21-/m1/s1. The van der Waals surface area contributed by atoms with Gasteiger partial charge in [0.15, 0.2) is 5.78 Å². The normalized spacial score (nSPS) is 27.4. The monoisotopic (exact) mass is 392 g/mol. The second-order valence-electron chi connectivity index (χ2n) is 8.45. The number of carbonyl (C=O) groups excluding carboxylic acids is 3. The molecule has 3 N–H and O–H groups in total. The molecule has 1 aromatic carbocycles. The molecule has 2 amide bonds. The van der Waals surface area contributed by atoms with Crippen LogP contribution >= 0.6 is 0 Å². The first-order chi connectivity index (χ1) is 13.6. The number of primary amides is 1. The highest BCUT2D eigenvalue weighted by atomic mass is 16.5. The average molecular weight is 392 g/mol. The minimum absolute atomic E-state index is 0.129. The van der Waals surface area contributed by atoms with Gasteiger partial charge in [-0.2, -0.15) is 5.26 Å². The number of Topliss-reactive ketones (excluding diaryl/α,β-unsaturated/α-hetero) is 1. The molecule has 1 aromatic rings. The molecule has 0 aromatic heterocycles. The van der Waals surface area contributed by atoms with Crippen LogP contribution in [0.4, 0.5) is 5.69 Å². The van der Waals surface area contributed by atoms with Gasteiger partial charge >= 0.3 is 0 Å². The SMILES string of the molecule is CC1(C)CC(=O)C2=C(C1)OC(=N)C(C#N)[C@@]21C(=O)N(CC(N)=O)c2ccccc21. The summed E-state index contributed by atoms with van der Waals surface area (Å²) in [6, 6.07) is 8.72. The minimum Gasteiger partial charge on any atom is -0.446 e. The molecule has 1 spiro atoms. The molecule has 0 saturated heterocycles. The highest BCUT2D eigenvalue weighted by Gasteiger charge is 2.65. The van der Waals surface area contributed by atoms with E-state index in [2.05, 4.69) is 0 Å². The van der Waals surface area contributed by atoms with E-state index in [1.165, 1.54) is 4.90 Å². The number of nitriles is 1. The number of para-hydroxylation sites is 1.